The van der Waals surface area contributed by atoms with Crippen molar-refractivity contribution in [3.8, 4) is 55.6 Å². The van der Waals surface area contributed by atoms with Gasteiger partial charge in [-0.15, -0.1) is 0 Å². The average Bonchev–Trinajstić information content (AvgIpc) is 3.72. The number of furan rings is 1. The zero-order chi connectivity index (χ0) is 39.8. The summed E-state index contributed by atoms with van der Waals surface area (Å²) in [5.74, 6) is 0. The quantitative estimate of drug-likeness (QED) is 0.153. The molecule has 0 radical (unpaired) electrons. The van der Waals surface area contributed by atoms with E-state index in [0.29, 0.717) is 0 Å². The lowest BCUT2D eigenvalue weighted by atomic mass is 9.90. The lowest BCUT2D eigenvalue weighted by Crippen LogP contribution is -2.11. The van der Waals surface area contributed by atoms with Crippen LogP contribution in [0.2, 0.25) is 0 Å². The molecule has 0 saturated heterocycles. The Morgan fingerprint density at radius 2 is 0.800 bits per heavy atom. The minimum Gasteiger partial charge on any atom is -0.455 e. The van der Waals surface area contributed by atoms with E-state index in [4.69, 9.17) is 4.42 Å². The third-order valence-corrected chi connectivity index (χ3v) is 11.7. The molecule has 0 aliphatic carbocycles. The fraction of sp³-hybridized carbons (Fsp3) is 0. The monoisotopic (exact) mass is 765 g/mol. The van der Waals surface area contributed by atoms with Crippen LogP contribution in [0, 0.1) is 0 Å². The largest absolute Gasteiger partial charge is 0.455 e. The Bertz CT molecular complexity index is 3290. The Morgan fingerprint density at radius 1 is 0.283 bits per heavy atom. The second-order valence-corrected chi connectivity index (χ2v) is 15.2. The average molecular weight is 766 g/mol. The smallest absolute Gasteiger partial charge is 0.143 e. The summed E-state index contributed by atoms with van der Waals surface area (Å²) in [6.07, 6.45) is 0. The third-order valence-electron chi connectivity index (χ3n) is 11.7. The molecule has 0 spiro atoms. The van der Waals surface area contributed by atoms with E-state index in [1.807, 2.05) is 6.07 Å². The predicted molar refractivity (Wildman–Crippen MR) is 253 cm³/mol. The lowest BCUT2D eigenvalue weighted by Gasteiger charge is -2.28. The van der Waals surface area contributed by atoms with Gasteiger partial charge in [-0.1, -0.05) is 194 Å². The molecular formula is C58H39NO. The topological polar surface area (TPSA) is 16.4 Å². The Balaban J connectivity index is 1.03. The van der Waals surface area contributed by atoms with Gasteiger partial charge in [0.05, 0.1) is 5.69 Å². The second-order valence-electron chi connectivity index (χ2n) is 15.2. The number of nitrogens with zero attached hydrogens (tertiary/aromatic N) is 1. The molecule has 10 aromatic carbocycles. The number of fused-ring (bicyclic) bond motifs is 4. The maximum absolute atomic E-state index is 6.59. The molecule has 2 heteroatoms. The molecule has 0 aliphatic heterocycles. The predicted octanol–water partition coefficient (Wildman–Crippen LogP) is 16.5. The molecule has 11 aromatic rings. The van der Waals surface area contributed by atoms with Crippen LogP contribution < -0.4 is 4.90 Å². The number of rotatable bonds is 8. The van der Waals surface area contributed by atoms with Crippen LogP contribution in [0.25, 0.3) is 88.3 Å². The molecule has 1 heterocycles. The molecule has 0 aliphatic rings. The van der Waals surface area contributed by atoms with Crippen molar-refractivity contribution in [1.82, 2.24) is 0 Å². The van der Waals surface area contributed by atoms with Crippen LogP contribution in [0.1, 0.15) is 0 Å². The summed E-state index contributed by atoms with van der Waals surface area (Å²) in [5, 5.41) is 4.75. The molecule has 0 N–H and O–H groups in total. The van der Waals surface area contributed by atoms with Gasteiger partial charge in [-0.3, -0.25) is 0 Å². The summed E-state index contributed by atoms with van der Waals surface area (Å²) in [6, 6.07) is 84.8. The highest BCUT2D eigenvalue weighted by Crippen LogP contribution is 2.44. The number of benzene rings is 10. The van der Waals surface area contributed by atoms with Gasteiger partial charge in [-0.05, 0) is 97.7 Å². The van der Waals surface area contributed by atoms with Crippen molar-refractivity contribution in [1.29, 1.82) is 0 Å². The maximum atomic E-state index is 6.59. The first-order chi connectivity index (χ1) is 29.8. The summed E-state index contributed by atoms with van der Waals surface area (Å²) >= 11 is 0. The number of para-hydroxylation sites is 3. The molecule has 0 atom stereocenters. The van der Waals surface area contributed by atoms with Gasteiger partial charge in [-0.25, -0.2) is 0 Å². The van der Waals surface area contributed by atoms with Crippen molar-refractivity contribution in [2.24, 2.45) is 0 Å². The van der Waals surface area contributed by atoms with E-state index in [1.165, 1.54) is 44.2 Å². The summed E-state index contributed by atoms with van der Waals surface area (Å²) < 4.78 is 6.59. The van der Waals surface area contributed by atoms with E-state index >= 15 is 0 Å². The minimum atomic E-state index is 0.898. The van der Waals surface area contributed by atoms with Gasteiger partial charge in [-0.2, -0.15) is 0 Å². The Labute approximate surface area is 349 Å². The summed E-state index contributed by atoms with van der Waals surface area (Å²) in [6.45, 7) is 0. The fourth-order valence-corrected chi connectivity index (χ4v) is 8.80. The third kappa shape index (κ3) is 6.32. The molecule has 60 heavy (non-hydrogen) atoms. The van der Waals surface area contributed by atoms with E-state index in [9.17, 15) is 0 Å². The molecule has 0 fully saturated rings. The molecule has 1 aromatic heterocycles. The zero-order valence-corrected chi connectivity index (χ0v) is 32.9. The first-order valence-corrected chi connectivity index (χ1v) is 20.5. The SMILES string of the molecule is c1ccc(-c2ccc(-c3ccc(N(c4ccc(-c5cccc6ccccc56)cc4)c4ccccc4-c4ccccc4)cc3)cc2-c2cccc3c2oc2ccccc23)cc1. The normalized spacial score (nSPS) is 11.3. The highest BCUT2D eigenvalue weighted by atomic mass is 16.3. The molecule has 2 nitrogen and oxygen atoms in total. The lowest BCUT2D eigenvalue weighted by molar-refractivity contribution is 0.670. The zero-order valence-electron chi connectivity index (χ0n) is 32.9. The number of hydrogen-bond acceptors (Lipinski definition) is 2. The molecule has 0 amide bonds. The van der Waals surface area contributed by atoms with Crippen molar-refractivity contribution in [3.05, 3.63) is 237 Å². The van der Waals surface area contributed by atoms with Gasteiger partial charge in [0.1, 0.15) is 11.2 Å². The number of hydrogen-bond donors (Lipinski definition) is 0. The molecule has 0 unspecified atom stereocenters. The van der Waals surface area contributed by atoms with E-state index in [0.717, 1.165) is 61.3 Å². The van der Waals surface area contributed by atoms with Gasteiger partial charge >= 0.3 is 0 Å². The van der Waals surface area contributed by atoms with Crippen LogP contribution in [0.15, 0.2) is 241 Å². The highest BCUT2D eigenvalue weighted by Gasteiger charge is 2.20. The van der Waals surface area contributed by atoms with Crippen LogP contribution in [-0.4, -0.2) is 0 Å². The van der Waals surface area contributed by atoms with Crippen molar-refractivity contribution < 1.29 is 4.42 Å². The van der Waals surface area contributed by atoms with E-state index in [1.54, 1.807) is 0 Å². The molecule has 0 saturated carbocycles. The minimum absolute atomic E-state index is 0.898. The van der Waals surface area contributed by atoms with Crippen LogP contribution >= 0.6 is 0 Å². The first-order valence-electron chi connectivity index (χ1n) is 20.5. The molecule has 282 valence electrons. The molecular weight excluding hydrogens is 727 g/mol. The van der Waals surface area contributed by atoms with E-state index < -0.39 is 0 Å². The Hall–Kier alpha value is -7.94. The van der Waals surface area contributed by atoms with E-state index in [2.05, 4.69) is 235 Å². The van der Waals surface area contributed by atoms with Gasteiger partial charge in [0.25, 0.3) is 0 Å². The number of anilines is 3. The molecule has 11 rings (SSSR count). The standard InChI is InChI=1S/C58H39NO/c1-3-15-41(16-4-1)50-38-33-45(39-55(50)54-26-14-25-53-52-23-10-12-28-57(52)60-58(53)54)40-29-34-46(35-30-40)59(56-27-11-9-22-51(56)43-17-5-2-6-18-43)47-36-31-44(32-37-47)49-24-13-20-42-19-7-8-21-48(42)49/h1-39H. The van der Waals surface area contributed by atoms with Crippen LogP contribution in [0.4, 0.5) is 17.1 Å². The Kier molecular flexibility index (Phi) is 8.87. The van der Waals surface area contributed by atoms with Crippen molar-refractivity contribution in [3.63, 3.8) is 0 Å². The van der Waals surface area contributed by atoms with Crippen LogP contribution in [0.5, 0.6) is 0 Å². The van der Waals surface area contributed by atoms with Crippen molar-refractivity contribution in [2.75, 3.05) is 4.90 Å². The summed E-state index contributed by atoms with van der Waals surface area (Å²) in [5.41, 5.74) is 16.7. The molecule has 0 bridgehead atoms. The second kappa shape index (κ2) is 15.1. The van der Waals surface area contributed by atoms with Gasteiger partial charge in [0.2, 0.25) is 0 Å². The Morgan fingerprint density at radius 3 is 1.57 bits per heavy atom. The van der Waals surface area contributed by atoms with Gasteiger partial charge in [0, 0.05) is 33.3 Å². The van der Waals surface area contributed by atoms with Crippen LogP contribution in [-0.2, 0) is 0 Å². The van der Waals surface area contributed by atoms with Crippen LogP contribution in [0.3, 0.4) is 0 Å². The van der Waals surface area contributed by atoms with Crippen molar-refractivity contribution >= 4 is 49.8 Å². The summed E-state index contributed by atoms with van der Waals surface area (Å²) in [4.78, 5) is 2.38. The van der Waals surface area contributed by atoms with Gasteiger partial charge in [0.15, 0.2) is 0 Å². The highest BCUT2D eigenvalue weighted by molar-refractivity contribution is 6.11. The van der Waals surface area contributed by atoms with Gasteiger partial charge < -0.3 is 9.32 Å². The maximum Gasteiger partial charge on any atom is 0.143 e. The van der Waals surface area contributed by atoms with Crippen molar-refractivity contribution in [2.45, 2.75) is 0 Å². The first kappa shape index (κ1) is 35.2. The summed E-state index contributed by atoms with van der Waals surface area (Å²) in [7, 11) is 0. The fourth-order valence-electron chi connectivity index (χ4n) is 8.80. The van der Waals surface area contributed by atoms with E-state index in [-0.39, 0.29) is 0 Å².